The van der Waals surface area contributed by atoms with Gasteiger partial charge in [-0.25, -0.2) is 0 Å². The van der Waals surface area contributed by atoms with Crippen molar-refractivity contribution < 1.29 is 0 Å². The Kier molecular flexibility index (Phi) is 5.41. The molecule has 2 N–H and O–H groups in total. The monoisotopic (exact) mass is 314 g/mol. The summed E-state index contributed by atoms with van der Waals surface area (Å²) in [6.07, 6.45) is 0.856. The molecule has 0 saturated carbocycles. The van der Waals surface area contributed by atoms with E-state index in [1.54, 1.807) is 0 Å². The van der Waals surface area contributed by atoms with Gasteiger partial charge in [0.1, 0.15) is 5.84 Å². The molecule has 1 unspecified atom stereocenters. The lowest BCUT2D eigenvalue weighted by Crippen LogP contribution is -2.24. The zero-order chi connectivity index (χ0) is 16.6. The lowest BCUT2D eigenvalue weighted by Gasteiger charge is -2.17. The predicted octanol–water partition coefficient (Wildman–Crippen LogP) is 4.57. The second-order valence-electron chi connectivity index (χ2n) is 5.88. The Morgan fingerprint density at radius 1 is 0.708 bits per heavy atom. The highest BCUT2D eigenvalue weighted by Gasteiger charge is 2.16. The number of amidine groups is 1. The third-order valence-corrected chi connectivity index (χ3v) is 4.13. The summed E-state index contributed by atoms with van der Waals surface area (Å²) in [5.41, 5.74) is 10.0. The Balaban J connectivity index is 1.83. The molecule has 0 aromatic heterocycles. The Morgan fingerprint density at radius 3 is 1.79 bits per heavy atom. The van der Waals surface area contributed by atoms with Gasteiger partial charge in [-0.05, 0) is 23.1 Å². The number of rotatable bonds is 6. The SMILES string of the molecule is NC(=NCc1ccccc1)C(Cc1ccccc1)c1ccccc1. The van der Waals surface area contributed by atoms with Gasteiger partial charge < -0.3 is 5.73 Å². The maximum absolute atomic E-state index is 6.40. The summed E-state index contributed by atoms with van der Waals surface area (Å²) < 4.78 is 0. The van der Waals surface area contributed by atoms with E-state index in [2.05, 4.69) is 65.7 Å². The van der Waals surface area contributed by atoms with E-state index in [-0.39, 0.29) is 5.92 Å². The first-order chi connectivity index (χ1) is 11.8. The molecule has 0 radical (unpaired) electrons. The van der Waals surface area contributed by atoms with Crippen LogP contribution in [0.5, 0.6) is 0 Å². The third kappa shape index (κ3) is 4.32. The van der Waals surface area contributed by atoms with Crippen LogP contribution in [-0.4, -0.2) is 5.84 Å². The van der Waals surface area contributed by atoms with Crippen molar-refractivity contribution in [3.8, 4) is 0 Å². The summed E-state index contributed by atoms with van der Waals surface area (Å²) in [4.78, 5) is 4.66. The van der Waals surface area contributed by atoms with Crippen LogP contribution >= 0.6 is 0 Å². The molecule has 0 aliphatic heterocycles. The smallest absolute Gasteiger partial charge is 0.102 e. The van der Waals surface area contributed by atoms with E-state index in [1.165, 1.54) is 16.7 Å². The van der Waals surface area contributed by atoms with Gasteiger partial charge in [0.15, 0.2) is 0 Å². The van der Waals surface area contributed by atoms with Crippen molar-refractivity contribution in [1.29, 1.82) is 0 Å². The first-order valence-electron chi connectivity index (χ1n) is 8.25. The van der Waals surface area contributed by atoms with Gasteiger partial charge in [0.2, 0.25) is 0 Å². The van der Waals surface area contributed by atoms with Gasteiger partial charge in [0.25, 0.3) is 0 Å². The van der Waals surface area contributed by atoms with Crippen molar-refractivity contribution in [3.63, 3.8) is 0 Å². The number of benzene rings is 3. The van der Waals surface area contributed by atoms with Crippen molar-refractivity contribution in [2.45, 2.75) is 18.9 Å². The molecular weight excluding hydrogens is 292 g/mol. The highest BCUT2D eigenvalue weighted by molar-refractivity contribution is 5.87. The van der Waals surface area contributed by atoms with Crippen molar-refractivity contribution in [3.05, 3.63) is 108 Å². The number of aliphatic imine (C=N–C) groups is 1. The van der Waals surface area contributed by atoms with E-state index in [0.717, 1.165) is 6.42 Å². The molecule has 0 saturated heterocycles. The lowest BCUT2D eigenvalue weighted by atomic mass is 9.91. The number of hydrogen-bond acceptors (Lipinski definition) is 1. The van der Waals surface area contributed by atoms with E-state index < -0.39 is 0 Å². The molecule has 3 rings (SSSR count). The van der Waals surface area contributed by atoms with E-state index >= 15 is 0 Å². The van der Waals surface area contributed by atoms with Gasteiger partial charge in [0.05, 0.1) is 6.54 Å². The molecule has 2 heteroatoms. The zero-order valence-corrected chi connectivity index (χ0v) is 13.7. The second-order valence-corrected chi connectivity index (χ2v) is 5.88. The van der Waals surface area contributed by atoms with Crippen molar-refractivity contribution >= 4 is 5.84 Å². The van der Waals surface area contributed by atoms with E-state index in [9.17, 15) is 0 Å². The first kappa shape index (κ1) is 16.0. The number of nitrogens with two attached hydrogens (primary N) is 1. The van der Waals surface area contributed by atoms with Gasteiger partial charge in [-0.2, -0.15) is 0 Å². The minimum absolute atomic E-state index is 0.0947. The van der Waals surface area contributed by atoms with E-state index in [4.69, 9.17) is 5.73 Å². The van der Waals surface area contributed by atoms with Crippen LogP contribution in [0.3, 0.4) is 0 Å². The number of hydrogen-bond donors (Lipinski definition) is 1. The Morgan fingerprint density at radius 2 is 1.21 bits per heavy atom. The average Bonchev–Trinajstić information content (AvgIpc) is 2.66. The summed E-state index contributed by atoms with van der Waals surface area (Å²) in [5.74, 6) is 0.784. The van der Waals surface area contributed by atoms with Crippen LogP contribution in [0.1, 0.15) is 22.6 Å². The van der Waals surface area contributed by atoms with Crippen LogP contribution < -0.4 is 5.73 Å². The molecule has 1 atom stereocenters. The first-order valence-corrected chi connectivity index (χ1v) is 8.25. The molecule has 3 aromatic carbocycles. The van der Waals surface area contributed by atoms with Crippen molar-refractivity contribution in [2.24, 2.45) is 10.7 Å². The molecule has 2 nitrogen and oxygen atoms in total. The van der Waals surface area contributed by atoms with Gasteiger partial charge in [-0.1, -0.05) is 91.0 Å². The highest BCUT2D eigenvalue weighted by Crippen LogP contribution is 2.21. The minimum Gasteiger partial charge on any atom is -0.387 e. The summed E-state index contributed by atoms with van der Waals surface area (Å²) in [7, 11) is 0. The second kappa shape index (κ2) is 8.11. The maximum atomic E-state index is 6.40. The molecule has 0 spiro atoms. The van der Waals surface area contributed by atoms with Crippen LogP contribution in [0.4, 0.5) is 0 Å². The molecule has 0 bridgehead atoms. The summed E-state index contributed by atoms with van der Waals surface area (Å²) >= 11 is 0. The lowest BCUT2D eigenvalue weighted by molar-refractivity contribution is 0.853. The Hall–Kier alpha value is -2.87. The summed E-state index contributed by atoms with van der Waals surface area (Å²) in [6.45, 7) is 0.616. The average molecular weight is 314 g/mol. The Labute approximate surface area is 143 Å². The molecule has 24 heavy (non-hydrogen) atoms. The van der Waals surface area contributed by atoms with Crippen molar-refractivity contribution in [1.82, 2.24) is 0 Å². The van der Waals surface area contributed by atoms with Crippen LogP contribution in [0, 0.1) is 0 Å². The molecule has 0 aliphatic carbocycles. The molecule has 0 heterocycles. The fourth-order valence-electron chi connectivity index (χ4n) is 2.80. The quantitative estimate of drug-likeness (QED) is 0.525. The van der Waals surface area contributed by atoms with Crippen LogP contribution in [0.15, 0.2) is 96.0 Å². The minimum atomic E-state index is 0.0947. The van der Waals surface area contributed by atoms with E-state index in [0.29, 0.717) is 12.4 Å². The van der Waals surface area contributed by atoms with Gasteiger partial charge in [-0.3, -0.25) is 4.99 Å². The molecule has 0 aliphatic rings. The molecule has 3 aromatic rings. The van der Waals surface area contributed by atoms with Gasteiger partial charge in [0, 0.05) is 5.92 Å². The zero-order valence-electron chi connectivity index (χ0n) is 13.7. The van der Waals surface area contributed by atoms with Crippen LogP contribution in [0.2, 0.25) is 0 Å². The third-order valence-electron chi connectivity index (χ3n) is 4.13. The van der Waals surface area contributed by atoms with Crippen LogP contribution in [-0.2, 0) is 13.0 Å². The van der Waals surface area contributed by atoms with Crippen LogP contribution in [0.25, 0.3) is 0 Å². The number of nitrogens with zero attached hydrogens (tertiary/aromatic N) is 1. The molecular formula is C22H22N2. The standard InChI is InChI=1S/C22H22N2/c23-22(24-17-19-12-6-2-7-13-19)21(20-14-8-3-9-15-20)16-18-10-4-1-5-11-18/h1-15,21H,16-17H2,(H2,23,24). The highest BCUT2D eigenvalue weighted by atomic mass is 14.9. The summed E-state index contributed by atoms with van der Waals surface area (Å²) in [6, 6.07) is 31.0. The Bertz CT molecular complexity index is 765. The van der Waals surface area contributed by atoms with Gasteiger partial charge in [-0.15, -0.1) is 0 Å². The fraction of sp³-hybridized carbons (Fsp3) is 0.136. The molecule has 120 valence electrons. The topological polar surface area (TPSA) is 38.4 Å². The normalized spacial score (nSPS) is 12.8. The maximum Gasteiger partial charge on any atom is 0.102 e. The van der Waals surface area contributed by atoms with E-state index in [1.807, 2.05) is 30.3 Å². The molecule has 0 amide bonds. The molecule has 0 fully saturated rings. The largest absolute Gasteiger partial charge is 0.387 e. The van der Waals surface area contributed by atoms with Gasteiger partial charge >= 0.3 is 0 Å². The summed E-state index contributed by atoms with van der Waals surface area (Å²) in [5, 5.41) is 0. The van der Waals surface area contributed by atoms with Crippen molar-refractivity contribution in [2.75, 3.05) is 0 Å². The predicted molar refractivity (Wildman–Crippen MR) is 101 cm³/mol. The fourth-order valence-corrected chi connectivity index (χ4v) is 2.80.